The maximum atomic E-state index is 4.20. The van der Waals surface area contributed by atoms with Gasteiger partial charge in [0.1, 0.15) is 5.82 Å². The van der Waals surface area contributed by atoms with Crippen molar-refractivity contribution in [3.63, 3.8) is 0 Å². The lowest BCUT2D eigenvalue weighted by atomic mass is 10.1. The molecule has 0 unspecified atom stereocenters. The first-order valence-electron chi connectivity index (χ1n) is 6.26. The highest BCUT2D eigenvalue weighted by atomic mass is 15.2. The zero-order valence-electron chi connectivity index (χ0n) is 10.6. The lowest BCUT2D eigenvalue weighted by Gasteiger charge is -2.06. The molecule has 0 aliphatic rings. The Morgan fingerprint density at radius 3 is 2.94 bits per heavy atom. The van der Waals surface area contributed by atoms with Crippen LogP contribution in [0.2, 0.25) is 0 Å². The molecule has 2 aromatic rings. The molecule has 0 spiro atoms. The van der Waals surface area contributed by atoms with E-state index in [0.717, 1.165) is 36.9 Å². The van der Waals surface area contributed by atoms with E-state index in [9.17, 15) is 0 Å². The molecule has 2 rings (SSSR count). The van der Waals surface area contributed by atoms with Gasteiger partial charge in [-0.05, 0) is 31.0 Å². The van der Waals surface area contributed by atoms with Gasteiger partial charge in [0.2, 0.25) is 0 Å². The topological polar surface area (TPSA) is 42.2 Å². The largest absolute Gasteiger partial charge is 0.316 e. The van der Waals surface area contributed by atoms with Gasteiger partial charge in [-0.25, -0.2) is 0 Å². The fourth-order valence-corrected chi connectivity index (χ4v) is 1.78. The van der Waals surface area contributed by atoms with Crippen molar-refractivity contribution in [2.24, 2.45) is 5.92 Å². The SMILES string of the molecule is CC(C)CCNCCc1nnc2ccccn12. The summed E-state index contributed by atoms with van der Waals surface area (Å²) in [6, 6.07) is 5.96. The van der Waals surface area contributed by atoms with E-state index in [2.05, 4.69) is 29.4 Å². The van der Waals surface area contributed by atoms with Crippen LogP contribution in [0.1, 0.15) is 26.1 Å². The smallest absolute Gasteiger partial charge is 0.160 e. The molecule has 4 nitrogen and oxygen atoms in total. The molecule has 4 heteroatoms. The molecule has 0 amide bonds. The predicted octanol–water partition coefficient (Wildman–Crippen LogP) is 1.91. The van der Waals surface area contributed by atoms with Gasteiger partial charge in [0.15, 0.2) is 5.65 Å². The van der Waals surface area contributed by atoms with Gasteiger partial charge in [0.25, 0.3) is 0 Å². The molecular weight excluding hydrogens is 212 g/mol. The van der Waals surface area contributed by atoms with Crippen LogP contribution in [0, 0.1) is 5.92 Å². The Hall–Kier alpha value is -1.42. The molecule has 0 saturated carbocycles. The van der Waals surface area contributed by atoms with Crippen molar-refractivity contribution >= 4 is 5.65 Å². The van der Waals surface area contributed by atoms with E-state index < -0.39 is 0 Å². The van der Waals surface area contributed by atoms with Crippen molar-refractivity contribution in [2.45, 2.75) is 26.7 Å². The average Bonchev–Trinajstić information content (AvgIpc) is 2.72. The Balaban J connectivity index is 1.83. The van der Waals surface area contributed by atoms with Crippen LogP contribution in [0.15, 0.2) is 24.4 Å². The van der Waals surface area contributed by atoms with Gasteiger partial charge in [0.05, 0.1) is 0 Å². The van der Waals surface area contributed by atoms with Gasteiger partial charge in [-0.2, -0.15) is 0 Å². The number of nitrogens with zero attached hydrogens (tertiary/aromatic N) is 3. The lowest BCUT2D eigenvalue weighted by molar-refractivity contribution is 0.536. The van der Waals surface area contributed by atoms with E-state index in [1.54, 1.807) is 0 Å². The minimum atomic E-state index is 0.761. The van der Waals surface area contributed by atoms with Crippen molar-refractivity contribution in [3.05, 3.63) is 30.2 Å². The van der Waals surface area contributed by atoms with Gasteiger partial charge in [-0.1, -0.05) is 19.9 Å². The summed E-state index contributed by atoms with van der Waals surface area (Å²) in [6.07, 6.45) is 4.16. The molecule has 2 aromatic heterocycles. The highest BCUT2D eigenvalue weighted by molar-refractivity contribution is 5.36. The van der Waals surface area contributed by atoms with Gasteiger partial charge < -0.3 is 5.32 Å². The highest BCUT2D eigenvalue weighted by Crippen LogP contribution is 2.03. The zero-order valence-corrected chi connectivity index (χ0v) is 10.6. The molecule has 0 fully saturated rings. The van der Waals surface area contributed by atoms with Gasteiger partial charge in [-0.15, -0.1) is 10.2 Å². The van der Waals surface area contributed by atoms with Crippen LogP contribution in [0.4, 0.5) is 0 Å². The Morgan fingerprint density at radius 2 is 2.12 bits per heavy atom. The minimum absolute atomic E-state index is 0.761. The molecule has 0 bridgehead atoms. The monoisotopic (exact) mass is 232 g/mol. The van der Waals surface area contributed by atoms with Crippen LogP contribution < -0.4 is 5.32 Å². The number of rotatable bonds is 6. The Morgan fingerprint density at radius 1 is 1.24 bits per heavy atom. The van der Waals surface area contributed by atoms with Crippen molar-refractivity contribution in [3.8, 4) is 0 Å². The van der Waals surface area contributed by atoms with Crippen LogP contribution in [0.25, 0.3) is 5.65 Å². The first-order chi connectivity index (χ1) is 8.27. The number of aromatic nitrogens is 3. The van der Waals surface area contributed by atoms with Gasteiger partial charge >= 0.3 is 0 Å². The third-order valence-corrected chi connectivity index (χ3v) is 2.81. The van der Waals surface area contributed by atoms with E-state index in [4.69, 9.17) is 0 Å². The number of nitrogens with one attached hydrogen (secondary N) is 1. The van der Waals surface area contributed by atoms with Crippen molar-refractivity contribution in [2.75, 3.05) is 13.1 Å². The van der Waals surface area contributed by atoms with Crippen molar-refractivity contribution in [1.82, 2.24) is 19.9 Å². The van der Waals surface area contributed by atoms with Crippen LogP contribution in [0.3, 0.4) is 0 Å². The molecule has 1 N–H and O–H groups in total. The maximum absolute atomic E-state index is 4.20. The van der Waals surface area contributed by atoms with Crippen LogP contribution in [0.5, 0.6) is 0 Å². The molecule has 0 aliphatic carbocycles. The summed E-state index contributed by atoms with van der Waals surface area (Å²) in [6.45, 7) is 6.53. The second-order valence-corrected chi connectivity index (χ2v) is 4.73. The summed E-state index contributed by atoms with van der Waals surface area (Å²) in [5.41, 5.74) is 0.921. The van der Waals surface area contributed by atoms with E-state index in [1.807, 2.05) is 28.8 Å². The third kappa shape index (κ3) is 3.27. The lowest BCUT2D eigenvalue weighted by Crippen LogP contribution is -2.20. The summed E-state index contributed by atoms with van der Waals surface area (Å²) in [7, 11) is 0. The van der Waals surface area contributed by atoms with Crippen molar-refractivity contribution in [1.29, 1.82) is 0 Å². The van der Waals surface area contributed by atoms with Crippen molar-refractivity contribution < 1.29 is 0 Å². The Labute approximate surface area is 102 Å². The number of fused-ring (bicyclic) bond motifs is 1. The number of hydrogen-bond acceptors (Lipinski definition) is 3. The van der Waals surface area contributed by atoms with Gasteiger partial charge in [0, 0.05) is 19.2 Å². The van der Waals surface area contributed by atoms with Gasteiger partial charge in [-0.3, -0.25) is 4.40 Å². The predicted molar refractivity (Wildman–Crippen MR) is 69.0 cm³/mol. The summed E-state index contributed by atoms with van der Waals surface area (Å²) in [5, 5.41) is 11.8. The van der Waals surface area contributed by atoms with Crippen LogP contribution in [-0.2, 0) is 6.42 Å². The quantitative estimate of drug-likeness (QED) is 0.774. The Kier molecular flexibility index (Phi) is 4.09. The molecule has 2 heterocycles. The third-order valence-electron chi connectivity index (χ3n) is 2.81. The fourth-order valence-electron chi connectivity index (χ4n) is 1.78. The standard InChI is InChI=1S/C13H20N4/c1-11(2)6-8-14-9-7-13-16-15-12-5-3-4-10-17(12)13/h3-5,10-11,14H,6-9H2,1-2H3. The second-order valence-electron chi connectivity index (χ2n) is 4.73. The molecule has 0 saturated heterocycles. The molecule has 0 atom stereocenters. The summed E-state index contributed by atoms with van der Waals surface area (Å²) >= 11 is 0. The second kappa shape index (κ2) is 5.77. The van der Waals surface area contributed by atoms with E-state index in [1.165, 1.54) is 6.42 Å². The summed E-state index contributed by atoms with van der Waals surface area (Å²) in [5.74, 6) is 1.79. The van der Waals surface area contributed by atoms with E-state index in [0.29, 0.717) is 0 Å². The molecule has 17 heavy (non-hydrogen) atoms. The maximum Gasteiger partial charge on any atom is 0.160 e. The first kappa shape index (κ1) is 12.0. The Bertz CT molecular complexity index is 461. The normalized spacial score (nSPS) is 11.5. The summed E-state index contributed by atoms with van der Waals surface area (Å²) in [4.78, 5) is 0. The molecule has 0 aliphatic heterocycles. The number of hydrogen-bond donors (Lipinski definition) is 1. The van der Waals surface area contributed by atoms with E-state index >= 15 is 0 Å². The average molecular weight is 232 g/mol. The minimum Gasteiger partial charge on any atom is -0.316 e. The first-order valence-corrected chi connectivity index (χ1v) is 6.26. The molecule has 0 radical (unpaired) electrons. The zero-order chi connectivity index (χ0) is 12.1. The molecule has 0 aromatic carbocycles. The summed E-state index contributed by atoms with van der Waals surface area (Å²) < 4.78 is 2.05. The van der Waals surface area contributed by atoms with Crippen LogP contribution in [-0.4, -0.2) is 27.7 Å². The van der Waals surface area contributed by atoms with Crippen LogP contribution >= 0.6 is 0 Å². The highest BCUT2D eigenvalue weighted by Gasteiger charge is 2.03. The van der Waals surface area contributed by atoms with E-state index in [-0.39, 0.29) is 0 Å². The number of pyridine rings is 1. The molecule has 92 valence electrons. The fraction of sp³-hybridized carbons (Fsp3) is 0.538. The molecular formula is C13H20N4.